The van der Waals surface area contributed by atoms with Crippen LogP contribution in [0.5, 0.6) is 5.95 Å². The Morgan fingerprint density at radius 1 is 1.05 bits per heavy atom. The Kier molecular flexibility index (Phi) is 3.98. The molecular formula is C15H18N2O3. The van der Waals surface area contributed by atoms with Gasteiger partial charge in [0.1, 0.15) is 0 Å². The molecule has 20 heavy (non-hydrogen) atoms. The number of furan rings is 1. The molecule has 0 saturated heterocycles. The van der Waals surface area contributed by atoms with Crippen LogP contribution < -0.4 is 14.5 Å². The first-order valence-corrected chi connectivity index (χ1v) is 6.23. The van der Waals surface area contributed by atoms with Crippen molar-refractivity contribution < 1.29 is 13.9 Å². The number of carbonyl (C=O) groups is 1. The SMILES string of the molecule is CN(C)c1cc(C(=O)Oc2ccco2)cc(N(C)C)c1. The van der Waals surface area contributed by atoms with Crippen molar-refractivity contribution in [2.75, 3.05) is 38.0 Å². The summed E-state index contributed by atoms with van der Waals surface area (Å²) in [5, 5.41) is 0. The maximum absolute atomic E-state index is 12.1. The molecule has 2 aromatic rings. The van der Waals surface area contributed by atoms with Gasteiger partial charge in [-0.1, -0.05) is 0 Å². The highest BCUT2D eigenvalue weighted by molar-refractivity contribution is 5.93. The molecule has 106 valence electrons. The highest BCUT2D eigenvalue weighted by Gasteiger charge is 2.14. The second kappa shape index (κ2) is 5.69. The Bertz CT molecular complexity index is 563. The summed E-state index contributed by atoms with van der Waals surface area (Å²) in [4.78, 5) is 16.0. The summed E-state index contributed by atoms with van der Waals surface area (Å²) in [5.74, 6) is -0.247. The van der Waals surface area contributed by atoms with Gasteiger partial charge in [0.2, 0.25) is 0 Å². The van der Waals surface area contributed by atoms with Gasteiger partial charge in [0, 0.05) is 45.6 Å². The number of benzene rings is 1. The van der Waals surface area contributed by atoms with Crippen LogP contribution in [0.25, 0.3) is 0 Å². The molecule has 0 saturated carbocycles. The largest absolute Gasteiger partial charge is 0.434 e. The van der Waals surface area contributed by atoms with E-state index in [1.54, 1.807) is 24.3 Å². The zero-order chi connectivity index (χ0) is 14.7. The lowest BCUT2D eigenvalue weighted by atomic mass is 10.1. The molecule has 0 unspecified atom stereocenters. The lowest BCUT2D eigenvalue weighted by Gasteiger charge is -2.19. The Morgan fingerprint density at radius 3 is 2.10 bits per heavy atom. The standard InChI is InChI=1S/C15H18N2O3/c1-16(2)12-8-11(9-13(10-12)17(3)4)15(18)20-14-6-5-7-19-14/h5-10H,1-4H3. The summed E-state index contributed by atoms with van der Waals surface area (Å²) in [6.07, 6.45) is 1.46. The predicted octanol–water partition coefficient (Wildman–Crippen LogP) is 2.63. The maximum atomic E-state index is 12.1. The first kappa shape index (κ1) is 14.0. The molecule has 5 nitrogen and oxygen atoms in total. The third-order valence-corrected chi connectivity index (χ3v) is 2.86. The van der Waals surface area contributed by atoms with Crippen LogP contribution in [0.3, 0.4) is 0 Å². The molecule has 5 heteroatoms. The first-order valence-electron chi connectivity index (χ1n) is 6.23. The van der Waals surface area contributed by atoms with Gasteiger partial charge in [0.15, 0.2) is 0 Å². The van der Waals surface area contributed by atoms with Crippen molar-refractivity contribution in [2.45, 2.75) is 0 Å². The third-order valence-electron chi connectivity index (χ3n) is 2.86. The second-order valence-electron chi connectivity index (χ2n) is 4.85. The van der Waals surface area contributed by atoms with Crippen LogP contribution >= 0.6 is 0 Å². The third kappa shape index (κ3) is 3.12. The Labute approximate surface area is 118 Å². The van der Waals surface area contributed by atoms with Crippen molar-refractivity contribution in [1.29, 1.82) is 0 Å². The summed E-state index contributed by atoms with van der Waals surface area (Å²) in [5.41, 5.74) is 2.35. The van der Waals surface area contributed by atoms with Gasteiger partial charge in [0.25, 0.3) is 5.95 Å². The van der Waals surface area contributed by atoms with E-state index in [9.17, 15) is 4.79 Å². The summed E-state index contributed by atoms with van der Waals surface area (Å²) < 4.78 is 10.2. The monoisotopic (exact) mass is 274 g/mol. The van der Waals surface area contributed by atoms with Crippen molar-refractivity contribution in [1.82, 2.24) is 0 Å². The van der Waals surface area contributed by atoms with Gasteiger partial charge in [-0.15, -0.1) is 0 Å². The fourth-order valence-electron chi connectivity index (χ4n) is 1.70. The number of ether oxygens (including phenoxy) is 1. The van der Waals surface area contributed by atoms with Gasteiger partial charge >= 0.3 is 5.97 Å². The molecule has 0 spiro atoms. The normalized spacial score (nSPS) is 10.2. The van der Waals surface area contributed by atoms with E-state index in [0.717, 1.165) is 11.4 Å². The molecule has 0 fully saturated rings. The van der Waals surface area contributed by atoms with Crippen LogP contribution in [0.15, 0.2) is 41.0 Å². The molecule has 0 aliphatic carbocycles. The fourth-order valence-corrected chi connectivity index (χ4v) is 1.70. The average molecular weight is 274 g/mol. The van der Waals surface area contributed by atoms with Crippen molar-refractivity contribution in [3.8, 4) is 5.95 Å². The van der Waals surface area contributed by atoms with Crippen LogP contribution in [0.1, 0.15) is 10.4 Å². The molecule has 0 amide bonds. The number of carbonyl (C=O) groups excluding carboxylic acids is 1. The molecule has 0 bridgehead atoms. The number of esters is 1. The quantitative estimate of drug-likeness (QED) is 0.802. The average Bonchev–Trinajstić information content (AvgIpc) is 2.90. The molecule has 1 heterocycles. The zero-order valence-electron chi connectivity index (χ0n) is 12.1. The zero-order valence-corrected chi connectivity index (χ0v) is 12.1. The molecule has 0 radical (unpaired) electrons. The number of nitrogens with zero attached hydrogens (tertiary/aromatic N) is 2. The van der Waals surface area contributed by atoms with E-state index in [0.29, 0.717) is 5.56 Å². The Hall–Kier alpha value is -2.43. The van der Waals surface area contributed by atoms with Gasteiger partial charge in [-0.3, -0.25) is 0 Å². The number of rotatable bonds is 4. The Morgan fingerprint density at radius 2 is 1.65 bits per heavy atom. The van der Waals surface area contributed by atoms with Gasteiger partial charge in [-0.2, -0.15) is 0 Å². The second-order valence-corrected chi connectivity index (χ2v) is 4.85. The van der Waals surface area contributed by atoms with Crippen molar-refractivity contribution >= 4 is 17.3 Å². The number of hydrogen-bond acceptors (Lipinski definition) is 5. The lowest BCUT2D eigenvalue weighted by Crippen LogP contribution is -2.16. The van der Waals surface area contributed by atoms with E-state index in [4.69, 9.17) is 9.15 Å². The van der Waals surface area contributed by atoms with Gasteiger partial charge in [-0.05, 0) is 24.3 Å². The van der Waals surface area contributed by atoms with Crippen molar-refractivity contribution in [2.24, 2.45) is 0 Å². The van der Waals surface area contributed by atoms with Crippen molar-refractivity contribution in [3.63, 3.8) is 0 Å². The van der Waals surface area contributed by atoms with Crippen LogP contribution in [0, 0.1) is 0 Å². The number of hydrogen-bond donors (Lipinski definition) is 0. The first-order chi connectivity index (χ1) is 9.47. The molecule has 1 aromatic carbocycles. The number of anilines is 2. The molecule has 0 aliphatic rings. The van der Waals surface area contributed by atoms with Gasteiger partial charge < -0.3 is 19.0 Å². The van der Waals surface area contributed by atoms with E-state index in [-0.39, 0.29) is 5.95 Å². The summed E-state index contributed by atoms with van der Waals surface area (Å²) in [7, 11) is 7.71. The summed E-state index contributed by atoms with van der Waals surface area (Å²) in [6.45, 7) is 0. The minimum absolute atomic E-state index is 0.191. The minimum Gasteiger partial charge on any atom is -0.434 e. The Balaban J connectivity index is 2.32. The van der Waals surface area contributed by atoms with E-state index < -0.39 is 5.97 Å². The van der Waals surface area contributed by atoms with E-state index >= 15 is 0 Å². The molecule has 0 N–H and O–H groups in total. The maximum Gasteiger partial charge on any atom is 0.346 e. The lowest BCUT2D eigenvalue weighted by molar-refractivity contribution is 0.0694. The molecule has 0 atom stereocenters. The highest BCUT2D eigenvalue weighted by Crippen LogP contribution is 2.24. The molecule has 1 aromatic heterocycles. The smallest absolute Gasteiger partial charge is 0.346 e. The van der Waals surface area contributed by atoms with Crippen LogP contribution in [-0.2, 0) is 0 Å². The topological polar surface area (TPSA) is 45.9 Å². The summed E-state index contributed by atoms with van der Waals surface area (Å²) >= 11 is 0. The molecule has 0 aliphatic heterocycles. The van der Waals surface area contributed by atoms with E-state index in [1.807, 2.05) is 44.1 Å². The van der Waals surface area contributed by atoms with Gasteiger partial charge in [-0.25, -0.2) is 4.79 Å². The fraction of sp³-hybridized carbons (Fsp3) is 0.267. The van der Waals surface area contributed by atoms with E-state index in [2.05, 4.69) is 0 Å². The molecule has 2 rings (SSSR count). The predicted molar refractivity (Wildman–Crippen MR) is 78.8 cm³/mol. The van der Waals surface area contributed by atoms with Crippen LogP contribution in [0.2, 0.25) is 0 Å². The van der Waals surface area contributed by atoms with E-state index in [1.165, 1.54) is 6.26 Å². The van der Waals surface area contributed by atoms with Crippen molar-refractivity contribution in [3.05, 3.63) is 42.2 Å². The van der Waals surface area contributed by atoms with Crippen LogP contribution in [-0.4, -0.2) is 34.2 Å². The summed E-state index contributed by atoms with van der Waals surface area (Å²) in [6, 6.07) is 8.85. The van der Waals surface area contributed by atoms with Gasteiger partial charge in [0.05, 0.1) is 11.8 Å². The highest BCUT2D eigenvalue weighted by atomic mass is 16.6. The van der Waals surface area contributed by atoms with Crippen LogP contribution in [0.4, 0.5) is 11.4 Å². The molecular weight excluding hydrogens is 256 g/mol. The minimum atomic E-state index is -0.438.